The predicted octanol–water partition coefficient (Wildman–Crippen LogP) is 3.96. The molecule has 27 heavy (non-hydrogen) atoms. The Hall–Kier alpha value is -2.49. The van der Waals surface area contributed by atoms with E-state index in [1.54, 1.807) is 12.3 Å². The molecule has 1 aliphatic carbocycles. The van der Waals surface area contributed by atoms with Gasteiger partial charge in [-0.15, -0.1) is 0 Å². The van der Waals surface area contributed by atoms with Crippen molar-refractivity contribution in [3.05, 3.63) is 65.0 Å². The molecule has 0 saturated heterocycles. The molecule has 4 nitrogen and oxygen atoms in total. The first-order valence-electron chi connectivity index (χ1n) is 9.46. The summed E-state index contributed by atoms with van der Waals surface area (Å²) in [5, 5.41) is 2.80. The van der Waals surface area contributed by atoms with Gasteiger partial charge in [0.15, 0.2) is 0 Å². The van der Waals surface area contributed by atoms with Crippen molar-refractivity contribution in [1.29, 1.82) is 0 Å². The van der Waals surface area contributed by atoms with Gasteiger partial charge >= 0.3 is 0 Å². The van der Waals surface area contributed by atoms with Gasteiger partial charge in [0.25, 0.3) is 0 Å². The molecule has 0 bridgehead atoms. The van der Waals surface area contributed by atoms with Crippen LogP contribution < -0.4 is 5.32 Å². The summed E-state index contributed by atoms with van der Waals surface area (Å²) in [5.41, 5.74) is 3.69. The standard InChI is InChI=1S/C23H28N2O2/c1-15-7-6-12-24-20(15)19(26)14-25-21(27)18-13-23(18,5)17-10-8-16(9-11-17)22(2,3)4/h6-12,18H,13-14H2,1-5H3,(H,25,27). The summed E-state index contributed by atoms with van der Waals surface area (Å²) < 4.78 is 0. The average molecular weight is 364 g/mol. The van der Waals surface area contributed by atoms with E-state index in [0.717, 1.165) is 12.0 Å². The first-order valence-corrected chi connectivity index (χ1v) is 9.46. The van der Waals surface area contributed by atoms with Crippen LogP contribution >= 0.6 is 0 Å². The smallest absolute Gasteiger partial charge is 0.224 e. The number of hydrogen-bond acceptors (Lipinski definition) is 3. The van der Waals surface area contributed by atoms with Crippen molar-refractivity contribution >= 4 is 11.7 Å². The lowest BCUT2D eigenvalue weighted by atomic mass is 9.85. The van der Waals surface area contributed by atoms with Crippen molar-refractivity contribution in [1.82, 2.24) is 10.3 Å². The maximum absolute atomic E-state index is 12.6. The first kappa shape index (κ1) is 19.3. The van der Waals surface area contributed by atoms with Crippen LogP contribution in [0.2, 0.25) is 0 Å². The fourth-order valence-electron chi connectivity index (χ4n) is 3.57. The van der Waals surface area contributed by atoms with Gasteiger partial charge in [-0.1, -0.05) is 58.0 Å². The third-order valence-electron chi connectivity index (χ3n) is 5.66. The lowest BCUT2D eigenvalue weighted by Crippen LogP contribution is -2.33. The number of carbonyl (C=O) groups excluding carboxylic acids is 2. The third kappa shape index (κ3) is 3.95. The molecular formula is C23H28N2O2. The Labute approximate surface area is 161 Å². The Morgan fingerprint density at radius 1 is 1.19 bits per heavy atom. The minimum absolute atomic E-state index is 0.00771. The molecule has 1 aromatic carbocycles. The van der Waals surface area contributed by atoms with Crippen LogP contribution in [-0.2, 0) is 15.6 Å². The summed E-state index contributed by atoms with van der Waals surface area (Å²) in [6, 6.07) is 12.2. The normalized spacial score (nSPS) is 21.6. The summed E-state index contributed by atoms with van der Waals surface area (Å²) in [5.74, 6) is -0.298. The predicted molar refractivity (Wildman–Crippen MR) is 107 cm³/mol. The molecule has 1 aliphatic rings. The second kappa shape index (κ2) is 6.91. The van der Waals surface area contributed by atoms with Crippen molar-refractivity contribution in [2.24, 2.45) is 5.92 Å². The van der Waals surface area contributed by atoms with Crippen molar-refractivity contribution in [2.45, 2.75) is 51.9 Å². The van der Waals surface area contributed by atoms with E-state index in [2.05, 4.69) is 62.3 Å². The molecule has 1 N–H and O–H groups in total. The number of rotatable bonds is 5. The SMILES string of the molecule is Cc1cccnc1C(=O)CNC(=O)C1CC1(C)c1ccc(C(C)(C)C)cc1. The number of pyridine rings is 1. The number of amides is 1. The molecule has 2 unspecified atom stereocenters. The van der Waals surface area contributed by atoms with Crippen LogP contribution in [0, 0.1) is 12.8 Å². The Balaban J connectivity index is 1.61. The minimum Gasteiger partial charge on any atom is -0.348 e. The number of hydrogen-bond donors (Lipinski definition) is 1. The fraction of sp³-hybridized carbons (Fsp3) is 0.435. The van der Waals surface area contributed by atoms with Crippen molar-refractivity contribution in [2.75, 3.05) is 6.54 Å². The van der Waals surface area contributed by atoms with E-state index in [1.165, 1.54) is 11.1 Å². The largest absolute Gasteiger partial charge is 0.348 e. The topological polar surface area (TPSA) is 59.1 Å². The number of nitrogens with one attached hydrogen (secondary N) is 1. The summed E-state index contributed by atoms with van der Waals surface area (Å²) in [7, 11) is 0. The Morgan fingerprint density at radius 2 is 1.85 bits per heavy atom. The van der Waals surface area contributed by atoms with Gasteiger partial charge in [-0.3, -0.25) is 14.6 Å². The molecule has 4 heteroatoms. The molecule has 1 heterocycles. The van der Waals surface area contributed by atoms with Gasteiger partial charge in [0.1, 0.15) is 5.69 Å². The van der Waals surface area contributed by atoms with Gasteiger partial charge in [0.2, 0.25) is 11.7 Å². The van der Waals surface area contributed by atoms with Gasteiger partial charge in [-0.05, 0) is 41.5 Å². The second-order valence-corrected chi connectivity index (χ2v) is 8.81. The number of ketones is 1. The molecule has 1 amide bonds. The van der Waals surface area contributed by atoms with Gasteiger partial charge in [0.05, 0.1) is 6.54 Å². The zero-order valence-corrected chi connectivity index (χ0v) is 16.8. The van der Waals surface area contributed by atoms with Crippen LogP contribution in [0.1, 0.15) is 61.3 Å². The Kier molecular flexibility index (Phi) is 4.94. The number of aromatic nitrogens is 1. The molecule has 1 aromatic heterocycles. The zero-order valence-electron chi connectivity index (χ0n) is 16.8. The molecule has 1 fully saturated rings. The first-order chi connectivity index (χ1) is 12.6. The molecule has 2 atom stereocenters. The van der Waals surface area contributed by atoms with Crippen LogP contribution in [0.5, 0.6) is 0 Å². The third-order valence-corrected chi connectivity index (χ3v) is 5.66. The van der Waals surface area contributed by atoms with E-state index in [9.17, 15) is 9.59 Å². The van der Waals surface area contributed by atoms with Crippen LogP contribution in [0.4, 0.5) is 0 Å². The van der Waals surface area contributed by atoms with Gasteiger partial charge in [-0.25, -0.2) is 0 Å². The highest BCUT2D eigenvalue weighted by Gasteiger charge is 2.55. The van der Waals surface area contributed by atoms with E-state index in [-0.39, 0.29) is 35.0 Å². The molecule has 1 saturated carbocycles. The van der Waals surface area contributed by atoms with Crippen molar-refractivity contribution < 1.29 is 9.59 Å². The van der Waals surface area contributed by atoms with Crippen LogP contribution in [0.15, 0.2) is 42.6 Å². The Bertz CT molecular complexity index is 865. The van der Waals surface area contributed by atoms with Crippen LogP contribution in [0.3, 0.4) is 0 Å². The lowest BCUT2D eigenvalue weighted by Gasteiger charge is -2.20. The monoisotopic (exact) mass is 364 g/mol. The fourth-order valence-corrected chi connectivity index (χ4v) is 3.57. The van der Waals surface area contributed by atoms with E-state index in [0.29, 0.717) is 5.69 Å². The maximum Gasteiger partial charge on any atom is 0.224 e. The maximum atomic E-state index is 12.6. The zero-order chi connectivity index (χ0) is 19.8. The van der Waals surface area contributed by atoms with Crippen molar-refractivity contribution in [3.63, 3.8) is 0 Å². The molecular weight excluding hydrogens is 336 g/mol. The lowest BCUT2D eigenvalue weighted by molar-refractivity contribution is -0.122. The van der Waals surface area contributed by atoms with Gasteiger partial charge in [0, 0.05) is 17.5 Å². The second-order valence-electron chi connectivity index (χ2n) is 8.81. The molecule has 2 aromatic rings. The summed E-state index contributed by atoms with van der Waals surface area (Å²) in [6.45, 7) is 10.5. The number of carbonyl (C=O) groups is 2. The minimum atomic E-state index is -0.154. The van der Waals surface area contributed by atoms with E-state index in [1.807, 2.05) is 13.0 Å². The Morgan fingerprint density at radius 3 is 2.44 bits per heavy atom. The summed E-state index contributed by atoms with van der Waals surface area (Å²) >= 11 is 0. The molecule has 0 spiro atoms. The van der Waals surface area contributed by atoms with E-state index in [4.69, 9.17) is 0 Å². The van der Waals surface area contributed by atoms with Crippen LogP contribution in [0.25, 0.3) is 0 Å². The quantitative estimate of drug-likeness (QED) is 0.817. The highest BCUT2D eigenvalue weighted by Crippen LogP contribution is 2.54. The number of nitrogens with zero attached hydrogens (tertiary/aromatic N) is 1. The summed E-state index contributed by atoms with van der Waals surface area (Å²) in [6.07, 6.45) is 2.41. The average Bonchev–Trinajstić information content (AvgIpc) is 3.32. The van der Waals surface area contributed by atoms with Gasteiger partial charge in [-0.2, -0.15) is 0 Å². The van der Waals surface area contributed by atoms with E-state index >= 15 is 0 Å². The van der Waals surface area contributed by atoms with Crippen molar-refractivity contribution in [3.8, 4) is 0 Å². The molecule has 3 rings (SSSR count). The highest BCUT2D eigenvalue weighted by atomic mass is 16.2. The molecule has 0 aliphatic heterocycles. The number of Topliss-reactive ketones (excluding diaryl/α,β-unsaturated/α-hetero) is 1. The van der Waals surface area contributed by atoms with E-state index < -0.39 is 0 Å². The highest BCUT2D eigenvalue weighted by molar-refractivity contribution is 5.99. The molecule has 0 radical (unpaired) electrons. The van der Waals surface area contributed by atoms with Crippen LogP contribution in [-0.4, -0.2) is 23.2 Å². The number of benzene rings is 1. The molecule has 142 valence electrons. The number of aryl methyl sites for hydroxylation is 1. The van der Waals surface area contributed by atoms with Gasteiger partial charge < -0.3 is 5.32 Å². The summed E-state index contributed by atoms with van der Waals surface area (Å²) in [4.78, 5) is 29.0.